The molecule has 1 atom stereocenters. The average molecular weight is 473 g/mol. The minimum atomic E-state index is -0.146. The largest absolute Gasteiger partial charge is 0.496 e. The Balaban J connectivity index is 1.45. The molecule has 0 saturated heterocycles. The van der Waals surface area contributed by atoms with Gasteiger partial charge < -0.3 is 26.1 Å². The molecule has 0 bridgehead atoms. The summed E-state index contributed by atoms with van der Waals surface area (Å²) in [4.78, 5) is 20.7. The number of ether oxygens (including phenoxy) is 1. The molecule has 1 heterocycles. The van der Waals surface area contributed by atoms with Crippen molar-refractivity contribution in [2.24, 2.45) is 5.92 Å². The van der Waals surface area contributed by atoms with Crippen LogP contribution in [0.4, 0.5) is 11.5 Å². The van der Waals surface area contributed by atoms with E-state index in [-0.39, 0.29) is 11.8 Å². The monoisotopic (exact) mass is 472 g/mol. The number of rotatable bonds is 11. The highest BCUT2D eigenvalue weighted by Crippen LogP contribution is 2.31. The van der Waals surface area contributed by atoms with Gasteiger partial charge in [0.25, 0.3) is 5.91 Å². The Morgan fingerprint density at radius 1 is 1.17 bits per heavy atom. The lowest BCUT2D eigenvalue weighted by Crippen LogP contribution is -2.18. The van der Waals surface area contributed by atoms with E-state index in [1.54, 1.807) is 32.6 Å². The van der Waals surface area contributed by atoms with Crippen molar-refractivity contribution in [3.05, 3.63) is 65.5 Å². The number of nitrogens with zero attached hydrogens (tertiary/aromatic N) is 2. The molecule has 1 fully saturated rings. The summed E-state index contributed by atoms with van der Waals surface area (Å²) in [7, 11) is 3.22. The molecule has 0 spiro atoms. The van der Waals surface area contributed by atoms with Crippen LogP contribution in [0.3, 0.4) is 0 Å². The zero-order valence-electron chi connectivity index (χ0n) is 20.4. The first kappa shape index (κ1) is 24.2. The Bertz CT molecular complexity index is 1210. The van der Waals surface area contributed by atoms with Gasteiger partial charge >= 0.3 is 0 Å². The van der Waals surface area contributed by atoms with E-state index in [1.807, 2.05) is 30.3 Å². The Morgan fingerprint density at radius 3 is 2.71 bits per heavy atom. The van der Waals surface area contributed by atoms with E-state index in [9.17, 15) is 4.79 Å². The highest BCUT2D eigenvalue weighted by atomic mass is 16.5. The van der Waals surface area contributed by atoms with Gasteiger partial charge in [-0.3, -0.25) is 4.79 Å². The second-order valence-electron chi connectivity index (χ2n) is 8.88. The average Bonchev–Trinajstić information content (AvgIpc) is 3.74. The molecule has 4 rings (SSSR count). The van der Waals surface area contributed by atoms with Crippen molar-refractivity contribution in [3.63, 3.8) is 0 Å². The summed E-state index contributed by atoms with van der Waals surface area (Å²) >= 11 is 0. The van der Waals surface area contributed by atoms with Crippen LogP contribution >= 0.6 is 0 Å². The summed E-state index contributed by atoms with van der Waals surface area (Å²) in [6.07, 6.45) is 5.50. The molecule has 1 amide bonds. The number of benzene rings is 2. The smallest absolute Gasteiger partial charge is 0.251 e. The summed E-state index contributed by atoms with van der Waals surface area (Å²) < 4.78 is 5.54. The number of methoxy groups -OCH3 is 1. The van der Waals surface area contributed by atoms with Crippen LogP contribution in [-0.4, -0.2) is 49.3 Å². The van der Waals surface area contributed by atoms with Gasteiger partial charge in [0.05, 0.1) is 12.8 Å². The molecule has 1 aromatic heterocycles. The molecule has 35 heavy (non-hydrogen) atoms. The molecular weight excluding hydrogens is 440 g/mol. The number of nitrogens with one attached hydrogen (secondary N) is 4. The summed E-state index contributed by atoms with van der Waals surface area (Å²) in [5.74, 6) is 2.13. The molecule has 0 aliphatic heterocycles. The second kappa shape index (κ2) is 11.0. The Kier molecular flexibility index (Phi) is 7.60. The molecule has 8 nitrogen and oxygen atoms in total. The van der Waals surface area contributed by atoms with Crippen molar-refractivity contribution in [1.82, 2.24) is 15.3 Å². The summed E-state index contributed by atoms with van der Waals surface area (Å²) in [5.41, 5.74) is 5.12. The molecule has 1 saturated carbocycles. The number of anilines is 2. The van der Waals surface area contributed by atoms with Crippen LogP contribution in [0.25, 0.3) is 11.3 Å². The predicted octanol–water partition coefficient (Wildman–Crippen LogP) is 4.55. The molecule has 0 unspecified atom stereocenters. The molecule has 1 aliphatic rings. The van der Waals surface area contributed by atoms with Crippen molar-refractivity contribution >= 4 is 23.6 Å². The van der Waals surface area contributed by atoms with Crippen molar-refractivity contribution in [1.29, 1.82) is 5.41 Å². The van der Waals surface area contributed by atoms with Crippen LogP contribution in [0.5, 0.6) is 5.75 Å². The van der Waals surface area contributed by atoms with Crippen LogP contribution in [0.1, 0.15) is 47.2 Å². The van der Waals surface area contributed by atoms with Crippen molar-refractivity contribution < 1.29 is 9.53 Å². The standard InChI is InChI=1S/C27H32N6O2/c1-17(22-8-6-20(27(34)29-2)11-25(22)35-3)14-31-26-12-24(32-16-33-26)19-7-9-23(21(10-19)13-28)30-15-18-4-5-18/h6-13,16-18,28,30H,4-5,14-15H2,1-3H3,(H,29,34)(H,31,32,33)/t17-/m1/s1. The number of carbonyl (C=O) groups excluding carboxylic acids is 1. The lowest BCUT2D eigenvalue weighted by Gasteiger charge is -2.18. The fraction of sp³-hybridized carbons (Fsp3) is 0.333. The summed E-state index contributed by atoms with van der Waals surface area (Å²) in [5, 5.41) is 17.3. The van der Waals surface area contributed by atoms with Gasteiger partial charge in [0, 0.05) is 60.7 Å². The first-order valence-electron chi connectivity index (χ1n) is 11.9. The Hall–Kier alpha value is -3.94. The maximum atomic E-state index is 11.9. The van der Waals surface area contributed by atoms with Gasteiger partial charge in [0.1, 0.15) is 17.9 Å². The normalized spacial score (nSPS) is 13.6. The van der Waals surface area contributed by atoms with Gasteiger partial charge in [-0.05, 0) is 48.6 Å². The van der Waals surface area contributed by atoms with Gasteiger partial charge in [0.2, 0.25) is 0 Å². The zero-order valence-corrected chi connectivity index (χ0v) is 20.4. The molecule has 0 radical (unpaired) electrons. The first-order chi connectivity index (χ1) is 17.0. The third-order valence-corrected chi connectivity index (χ3v) is 6.29. The van der Waals surface area contributed by atoms with Gasteiger partial charge in [-0.25, -0.2) is 9.97 Å². The maximum absolute atomic E-state index is 11.9. The number of hydrogen-bond donors (Lipinski definition) is 4. The molecule has 8 heteroatoms. The third-order valence-electron chi connectivity index (χ3n) is 6.29. The van der Waals surface area contributed by atoms with E-state index < -0.39 is 0 Å². The summed E-state index contributed by atoms with van der Waals surface area (Å²) in [6, 6.07) is 13.4. The highest BCUT2D eigenvalue weighted by molar-refractivity contribution is 5.94. The number of amides is 1. The van der Waals surface area contributed by atoms with E-state index in [0.29, 0.717) is 17.9 Å². The van der Waals surface area contributed by atoms with E-state index in [4.69, 9.17) is 10.1 Å². The van der Waals surface area contributed by atoms with Crippen LogP contribution in [0.15, 0.2) is 48.8 Å². The van der Waals surface area contributed by atoms with Crippen LogP contribution in [0.2, 0.25) is 0 Å². The fourth-order valence-corrected chi connectivity index (χ4v) is 3.96. The molecule has 1 aliphatic carbocycles. The number of hydrogen-bond acceptors (Lipinski definition) is 7. The third kappa shape index (κ3) is 5.95. The van der Waals surface area contributed by atoms with Gasteiger partial charge in [0.15, 0.2) is 0 Å². The van der Waals surface area contributed by atoms with Crippen molar-refractivity contribution in [3.8, 4) is 17.0 Å². The molecule has 2 aromatic carbocycles. The van der Waals surface area contributed by atoms with Crippen LogP contribution in [-0.2, 0) is 0 Å². The van der Waals surface area contributed by atoms with Crippen LogP contribution in [0, 0.1) is 11.3 Å². The molecule has 4 N–H and O–H groups in total. The molecule has 182 valence electrons. The number of aromatic nitrogens is 2. The van der Waals surface area contributed by atoms with E-state index in [1.165, 1.54) is 19.1 Å². The predicted molar refractivity (Wildman–Crippen MR) is 140 cm³/mol. The number of carbonyl (C=O) groups is 1. The highest BCUT2D eigenvalue weighted by Gasteiger charge is 2.21. The van der Waals surface area contributed by atoms with E-state index >= 15 is 0 Å². The van der Waals surface area contributed by atoms with Crippen LogP contribution < -0.4 is 20.7 Å². The van der Waals surface area contributed by atoms with Gasteiger partial charge in [-0.15, -0.1) is 0 Å². The quantitative estimate of drug-likeness (QED) is 0.305. The Morgan fingerprint density at radius 2 is 2.00 bits per heavy atom. The topological polar surface area (TPSA) is 112 Å². The zero-order chi connectivity index (χ0) is 24.8. The molecular formula is C27H32N6O2. The van der Waals surface area contributed by atoms with E-state index in [2.05, 4.69) is 32.8 Å². The molecule has 3 aromatic rings. The first-order valence-corrected chi connectivity index (χ1v) is 11.9. The second-order valence-corrected chi connectivity index (χ2v) is 8.88. The lowest BCUT2D eigenvalue weighted by molar-refractivity contribution is 0.0962. The van der Waals surface area contributed by atoms with Gasteiger partial charge in [-0.1, -0.05) is 19.1 Å². The van der Waals surface area contributed by atoms with Crippen molar-refractivity contribution in [2.75, 3.05) is 37.9 Å². The summed E-state index contributed by atoms with van der Waals surface area (Å²) in [6.45, 7) is 3.68. The minimum Gasteiger partial charge on any atom is -0.496 e. The fourth-order valence-electron chi connectivity index (χ4n) is 3.96. The SMILES string of the molecule is CNC(=O)c1ccc([C@H](C)CNc2cc(-c3ccc(NCC4CC4)c(C=N)c3)ncn2)c(OC)c1. The minimum absolute atomic E-state index is 0.114. The van der Waals surface area contributed by atoms with E-state index in [0.717, 1.165) is 46.4 Å². The lowest BCUT2D eigenvalue weighted by atomic mass is 9.98. The van der Waals surface area contributed by atoms with Crippen molar-refractivity contribution in [2.45, 2.75) is 25.7 Å². The maximum Gasteiger partial charge on any atom is 0.251 e. The van der Waals surface area contributed by atoms with Gasteiger partial charge in [-0.2, -0.15) is 0 Å². The Labute approximate surface area is 206 Å².